The Morgan fingerprint density at radius 1 is 1.16 bits per heavy atom. The lowest BCUT2D eigenvalue weighted by atomic mass is 9.91. The monoisotopic (exact) mass is 598 g/mol. The van der Waals surface area contributed by atoms with Gasteiger partial charge in [0.05, 0.1) is 31.1 Å². The van der Waals surface area contributed by atoms with E-state index in [2.05, 4.69) is 40.2 Å². The molecule has 1 aliphatic heterocycles. The highest BCUT2D eigenvalue weighted by Gasteiger charge is 2.29. The fourth-order valence-electron chi connectivity index (χ4n) is 6.23. The van der Waals surface area contributed by atoms with E-state index in [1.807, 2.05) is 24.4 Å². The van der Waals surface area contributed by atoms with E-state index in [1.165, 1.54) is 6.07 Å². The van der Waals surface area contributed by atoms with Crippen LogP contribution in [0.5, 0.6) is 0 Å². The molecule has 2 aliphatic rings. The molecular weight excluding hydrogens is 563 g/mol. The number of aromatic nitrogens is 6. The third kappa shape index (κ3) is 5.39. The number of halogens is 1. The molecule has 7 rings (SSSR count). The molecule has 4 aromatic heterocycles. The van der Waals surface area contributed by atoms with Gasteiger partial charge in [0.25, 0.3) is 0 Å². The van der Waals surface area contributed by atoms with Crippen LogP contribution in [0.3, 0.4) is 0 Å². The summed E-state index contributed by atoms with van der Waals surface area (Å²) in [7, 11) is 0. The van der Waals surface area contributed by atoms with Crippen LogP contribution in [0.2, 0.25) is 0 Å². The Kier molecular flexibility index (Phi) is 7.69. The molecule has 0 amide bonds. The fraction of sp³-hybridized carbons (Fsp3) is 0.406. The van der Waals surface area contributed by atoms with Crippen molar-refractivity contribution in [1.29, 1.82) is 0 Å². The van der Waals surface area contributed by atoms with Crippen LogP contribution in [0.15, 0.2) is 48.9 Å². The van der Waals surface area contributed by atoms with Crippen LogP contribution in [-0.2, 0) is 22.3 Å². The number of fused-ring (bicyclic) bond motifs is 4. The first kappa shape index (κ1) is 28.4. The van der Waals surface area contributed by atoms with Gasteiger partial charge in [0.1, 0.15) is 12.4 Å². The van der Waals surface area contributed by atoms with Crippen molar-refractivity contribution in [2.75, 3.05) is 44.8 Å². The summed E-state index contributed by atoms with van der Waals surface area (Å²) in [5.41, 5.74) is 5.10. The van der Waals surface area contributed by atoms with Gasteiger partial charge in [-0.3, -0.25) is 9.88 Å². The van der Waals surface area contributed by atoms with Crippen molar-refractivity contribution in [3.05, 3.63) is 71.6 Å². The van der Waals surface area contributed by atoms with Gasteiger partial charge >= 0.3 is 6.09 Å². The van der Waals surface area contributed by atoms with Gasteiger partial charge < -0.3 is 14.8 Å². The number of rotatable bonds is 7. The number of para-hydroxylation sites is 1. The zero-order valence-electron chi connectivity index (χ0n) is 24.9. The van der Waals surface area contributed by atoms with Gasteiger partial charge in [-0.2, -0.15) is 14.6 Å². The van der Waals surface area contributed by atoms with E-state index in [-0.39, 0.29) is 18.1 Å². The van der Waals surface area contributed by atoms with Crippen LogP contribution in [0.1, 0.15) is 43.0 Å². The molecule has 1 atom stereocenters. The molecule has 0 radical (unpaired) electrons. The van der Waals surface area contributed by atoms with Crippen molar-refractivity contribution in [3.63, 3.8) is 0 Å². The Bertz CT molecular complexity index is 1830. The van der Waals surface area contributed by atoms with Crippen LogP contribution in [-0.4, -0.2) is 85.6 Å². The highest BCUT2D eigenvalue weighted by Crippen LogP contribution is 2.34. The number of ether oxygens (including phenoxy) is 2. The predicted octanol–water partition coefficient (Wildman–Crippen LogP) is 4.69. The Labute approximate surface area is 254 Å². The number of carbonyl (C=O) groups is 1. The number of benzene rings is 1. The quantitative estimate of drug-likeness (QED) is 0.285. The van der Waals surface area contributed by atoms with Crippen LogP contribution >= 0.6 is 0 Å². The largest absolute Gasteiger partial charge is 0.448 e. The third-order valence-electron chi connectivity index (χ3n) is 8.50. The highest BCUT2D eigenvalue weighted by atomic mass is 19.1. The van der Waals surface area contributed by atoms with Gasteiger partial charge in [0.2, 0.25) is 5.95 Å². The molecule has 228 valence electrons. The van der Waals surface area contributed by atoms with Gasteiger partial charge in [-0.05, 0) is 42.9 Å². The lowest BCUT2D eigenvalue weighted by molar-refractivity contribution is 0.0282. The van der Waals surface area contributed by atoms with Crippen molar-refractivity contribution in [1.82, 2.24) is 34.0 Å². The maximum Gasteiger partial charge on any atom is 0.418 e. The maximum atomic E-state index is 14.1. The van der Waals surface area contributed by atoms with E-state index < -0.39 is 5.82 Å². The van der Waals surface area contributed by atoms with Crippen LogP contribution in [0.4, 0.5) is 15.1 Å². The molecule has 1 aliphatic carbocycles. The lowest BCUT2D eigenvalue weighted by Crippen LogP contribution is -2.38. The zero-order valence-corrected chi connectivity index (χ0v) is 24.9. The van der Waals surface area contributed by atoms with Gasteiger partial charge in [-0.1, -0.05) is 32.0 Å². The molecule has 11 nitrogen and oxygen atoms in total. The Hall–Kier alpha value is -4.42. The summed E-state index contributed by atoms with van der Waals surface area (Å²) < 4.78 is 28.7. The van der Waals surface area contributed by atoms with E-state index in [0.29, 0.717) is 62.2 Å². The molecule has 1 fully saturated rings. The Balaban J connectivity index is 1.17. The molecule has 12 heteroatoms. The minimum atomic E-state index is -0.450. The smallest absolute Gasteiger partial charge is 0.418 e. The molecule has 1 N–H and O–H groups in total. The van der Waals surface area contributed by atoms with Gasteiger partial charge in [-0.25, -0.2) is 18.7 Å². The molecule has 5 heterocycles. The number of carbonyl (C=O) groups excluding carboxylic acids is 1. The highest BCUT2D eigenvalue weighted by molar-refractivity contribution is 5.94. The van der Waals surface area contributed by atoms with Crippen LogP contribution < -0.4 is 5.32 Å². The standard InChI is InChI=1S/C32H35FN8O3/c1-20(2)26-19-35-41-30(26)37-29(21-15-22(33)18-34-17-21)38-31(41)36-23-7-8-28-25(16-23)24-5-3-4-6-27(24)40(28)32(42)44-14-11-39-9-12-43-13-10-39/h3-6,15,17-20,23H,7-14,16H2,1-2H3,(H,36,37,38)/t23-/m1/s1. The van der Waals surface area contributed by atoms with Gasteiger partial charge in [-0.15, -0.1) is 0 Å². The molecule has 1 saturated heterocycles. The summed E-state index contributed by atoms with van der Waals surface area (Å²) >= 11 is 0. The third-order valence-corrected chi connectivity index (χ3v) is 8.50. The van der Waals surface area contributed by atoms with E-state index in [0.717, 1.165) is 53.4 Å². The Morgan fingerprint density at radius 2 is 2.00 bits per heavy atom. The number of hydrogen-bond acceptors (Lipinski definition) is 9. The average Bonchev–Trinajstić information content (AvgIpc) is 3.61. The molecule has 5 aromatic rings. The molecular formula is C32H35FN8O3. The van der Waals surface area contributed by atoms with E-state index in [1.54, 1.807) is 15.3 Å². The van der Waals surface area contributed by atoms with Crippen molar-refractivity contribution in [2.24, 2.45) is 0 Å². The molecule has 44 heavy (non-hydrogen) atoms. The number of nitrogens with one attached hydrogen (secondary N) is 1. The minimum absolute atomic E-state index is 0.0161. The topological polar surface area (TPSA) is 112 Å². The van der Waals surface area contributed by atoms with Crippen molar-refractivity contribution in [2.45, 2.75) is 45.1 Å². The van der Waals surface area contributed by atoms with Crippen molar-refractivity contribution in [3.8, 4) is 11.4 Å². The second kappa shape index (κ2) is 11.9. The summed E-state index contributed by atoms with van der Waals surface area (Å²) in [5.74, 6) is 0.642. The number of pyridine rings is 1. The molecule has 0 unspecified atom stereocenters. The number of anilines is 1. The first-order valence-electron chi connectivity index (χ1n) is 15.2. The van der Waals surface area contributed by atoms with Crippen LogP contribution in [0.25, 0.3) is 27.9 Å². The summed E-state index contributed by atoms with van der Waals surface area (Å²) in [6.07, 6.45) is 6.33. The van der Waals surface area contributed by atoms with E-state index in [4.69, 9.17) is 19.4 Å². The summed E-state index contributed by atoms with van der Waals surface area (Å²) in [4.78, 5) is 29.2. The fourth-order valence-corrected chi connectivity index (χ4v) is 6.23. The Morgan fingerprint density at radius 3 is 2.82 bits per heavy atom. The van der Waals surface area contributed by atoms with Crippen LogP contribution in [0, 0.1) is 5.82 Å². The second-order valence-electron chi connectivity index (χ2n) is 11.7. The summed E-state index contributed by atoms with van der Waals surface area (Å²) in [5, 5.41) is 9.26. The summed E-state index contributed by atoms with van der Waals surface area (Å²) in [6, 6.07) is 9.39. The minimum Gasteiger partial charge on any atom is -0.448 e. The molecule has 0 saturated carbocycles. The van der Waals surface area contributed by atoms with Crippen molar-refractivity contribution < 1.29 is 18.7 Å². The van der Waals surface area contributed by atoms with E-state index in [9.17, 15) is 9.18 Å². The number of morpholine rings is 1. The van der Waals surface area contributed by atoms with E-state index >= 15 is 0 Å². The second-order valence-corrected chi connectivity index (χ2v) is 11.7. The molecule has 1 aromatic carbocycles. The summed E-state index contributed by atoms with van der Waals surface area (Å²) in [6.45, 7) is 8.32. The van der Waals surface area contributed by atoms with Gasteiger partial charge in [0, 0.05) is 54.1 Å². The van der Waals surface area contributed by atoms with Crippen molar-refractivity contribution >= 4 is 28.6 Å². The first-order chi connectivity index (χ1) is 21.5. The average molecular weight is 599 g/mol. The predicted molar refractivity (Wildman–Crippen MR) is 163 cm³/mol. The lowest BCUT2D eigenvalue weighted by Gasteiger charge is -2.26. The maximum absolute atomic E-state index is 14.1. The number of hydrogen-bond donors (Lipinski definition) is 1. The molecule has 0 bridgehead atoms. The normalized spacial score (nSPS) is 17.3. The van der Waals surface area contributed by atoms with Gasteiger partial charge in [0.15, 0.2) is 11.5 Å². The first-order valence-corrected chi connectivity index (χ1v) is 15.2. The number of nitrogens with zero attached hydrogens (tertiary/aromatic N) is 7. The zero-order chi connectivity index (χ0) is 30.2. The molecule has 0 spiro atoms. The SMILES string of the molecule is CC(C)c1cnn2c(N[C@@H]3CCc4c(c5ccccc5n4C(=O)OCCN4CCOCC4)C3)nc(-c3cncc(F)c3)nc12.